The van der Waals surface area contributed by atoms with Crippen LogP contribution < -0.4 is 15.4 Å². The second kappa shape index (κ2) is 13.5. The number of rotatable bonds is 11. The van der Waals surface area contributed by atoms with Gasteiger partial charge in [-0.1, -0.05) is 30.3 Å². The highest BCUT2D eigenvalue weighted by atomic mass is 127. The summed E-state index contributed by atoms with van der Waals surface area (Å²) in [7, 11) is -3.35. The summed E-state index contributed by atoms with van der Waals surface area (Å²) in [5, 5.41) is 10.3. The van der Waals surface area contributed by atoms with Gasteiger partial charge in [-0.05, 0) is 25.0 Å². The predicted octanol–water partition coefficient (Wildman–Crippen LogP) is 1.57. The lowest BCUT2D eigenvalue weighted by molar-refractivity contribution is 0.579. The van der Waals surface area contributed by atoms with Crippen LogP contribution in [0.5, 0.6) is 0 Å². The van der Waals surface area contributed by atoms with E-state index in [2.05, 4.69) is 25.4 Å². The monoisotopic (exact) mass is 520 g/mol. The summed E-state index contributed by atoms with van der Waals surface area (Å²) >= 11 is 0. The lowest BCUT2D eigenvalue weighted by Crippen LogP contribution is -2.41. The van der Waals surface area contributed by atoms with Crippen molar-refractivity contribution >= 4 is 40.0 Å². The van der Waals surface area contributed by atoms with Crippen LogP contribution in [0.3, 0.4) is 0 Å². The fourth-order valence-electron chi connectivity index (χ4n) is 2.36. The average molecular weight is 520 g/mol. The number of sulfonamides is 1. The molecule has 0 aliphatic heterocycles. The molecule has 0 radical (unpaired) electrons. The maximum Gasteiger partial charge on any atom is 0.213 e. The normalized spacial score (nSPS) is 11.7. The van der Waals surface area contributed by atoms with Gasteiger partial charge in [0.15, 0.2) is 5.96 Å². The lowest BCUT2D eigenvalue weighted by atomic mass is 10.2. The SMILES string of the molecule is CCNC(=NCCCn1cccn1)NCCS(=O)(=O)NCc1ccccc1.I. The molecule has 10 heteroatoms. The average Bonchev–Trinajstić information content (AvgIpc) is 3.18. The van der Waals surface area contributed by atoms with Crippen LogP contribution in [0.2, 0.25) is 0 Å². The summed E-state index contributed by atoms with van der Waals surface area (Å²) in [6, 6.07) is 11.3. The molecule has 1 heterocycles. The standard InChI is InChI=1S/C18H28N6O2S.HI/c1-2-19-18(20-10-6-13-24-14-7-11-22-24)21-12-15-27(25,26)23-16-17-8-4-3-5-9-17;/h3-5,7-9,11,14,23H,2,6,10,12-13,15-16H2,1H3,(H2,19,20,21);1H. The predicted molar refractivity (Wildman–Crippen MR) is 123 cm³/mol. The zero-order valence-corrected chi connectivity index (χ0v) is 19.2. The molecule has 0 unspecified atom stereocenters. The molecule has 156 valence electrons. The van der Waals surface area contributed by atoms with Crippen molar-refractivity contribution in [2.24, 2.45) is 4.99 Å². The number of nitrogens with one attached hydrogen (secondary N) is 3. The van der Waals surface area contributed by atoms with Gasteiger partial charge in [0.1, 0.15) is 0 Å². The van der Waals surface area contributed by atoms with E-state index in [1.165, 1.54) is 0 Å². The summed E-state index contributed by atoms with van der Waals surface area (Å²) in [5.74, 6) is 0.605. The quantitative estimate of drug-likeness (QED) is 0.181. The molecule has 1 aromatic heterocycles. The molecular formula is C18H29IN6O2S. The number of aliphatic imine (C=N–C) groups is 1. The van der Waals surface area contributed by atoms with Crippen LogP contribution in [0, 0.1) is 0 Å². The molecular weight excluding hydrogens is 491 g/mol. The van der Waals surface area contributed by atoms with Crippen molar-refractivity contribution in [2.45, 2.75) is 26.4 Å². The Kier molecular flexibility index (Phi) is 11.8. The van der Waals surface area contributed by atoms with E-state index in [0.29, 0.717) is 25.6 Å². The Morgan fingerprint density at radius 3 is 2.64 bits per heavy atom. The molecule has 0 aliphatic rings. The highest BCUT2D eigenvalue weighted by Gasteiger charge is 2.10. The summed E-state index contributed by atoms with van der Waals surface area (Å²) < 4.78 is 28.7. The van der Waals surface area contributed by atoms with Crippen molar-refractivity contribution in [1.29, 1.82) is 0 Å². The number of guanidine groups is 1. The Hall–Kier alpha value is -1.66. The molecule has 2 aromatic rings. The maximum atomic E-state index is 12.1. The van der Waals surface area contributed by atoms with Crippen LogP contribution in [0.25, 0.3) is 0 Å². The zero-order chi connectivity index (χ0) is 19.4. The van der Waals surface area contributed by atoms with Gasteiger partial charge in [0.2, 0.25) is 10.0 Å². The van der Waals surface area contributed by atoms with Gasteiger partial charge in [0.05, 0.1) is 5.75 Å². The first-order chi connectivity index (χ1) is 13.1. The van der Waals surface area contributed by atoms with Crippen LogP contribution in [0.15, 0.2) is 53.8 Å². The second-order valence-corrected chi connectivity index (χ2v) is 7.86. The third-order valence-corrected chi connectivity index (χ3v) is 5.05. The molecule has 1 aromatic carbocycles. The Balaban J connectivity index is 0.00000392. The third-order valence-electron chi connectivity index (χ3n) is 3.72. The van der Waals surface area contributed by atoms with Crippen LogP contribution in [-0.4, -0.2) is 49.5 Å². The number of hydrogen-bond acceptors (Lipinski definition) is 4. The maximum absolute atomic E-state index is 12.1. The Bertz CT molecular complexity index is 782. The summed E-state index contributed by atoms with van der Waals surface area (Å²) in [6.45, 7) is 4.70. The van der Waals surface area contributed by atoms with Crippen molar-refractivity contribution in [3.63, 3.8) is 0 Å². The van der Waals surface area contributed by atoms with Gasteiger partial charge in [-0.15, -0.1) is 24.0 Å². The number of hydrogen-bond donors (Lipinski definition) is 3. The minimum absolute atomic E-state index is 0. The minimum atomic E-state index is -3.35. The molecule has 0 saturated heterocycles. The van der Waals surface area contributed by atoms with Gasteiger partial charge in [0.25, 0.3) is 0 Å². The van der Waals surface area contributed by atoms with E-state index in [-0.39, 0.29) is 36.3 Å². The summed E-state index contributed by atoms with van der Waals surface area (Å²) in [5.41, 5.74) is 0.932. The molecule has 2 rings (SSSR count). The Labute approximate surface area is 184 Å². The van der Waals surface area contributed by atoms with Crippen LogP contribution >= 0.6 is 24.0 Å². The first kappa shape index (κ1) is 24.4. The van der Waals surface area contributed by atoms with E-state index in [0.717, 1.165) is 18.5 Å². The fourth-order valence-corrected chi connectivity index (χ4v) is 3.26. The molecule has 3 N–H and O–H groups in total. The van der Waals surface area contributed by atoms with Crippen molar-refractivity contribution in [3.8, 4) is 0 Å². The largest absolute Gasteiger partial charge is 0.357 e. The topological polar surface area (TPSA) is 100 Å². The van der Waals surface area contributed by atoms with E-state index in [1.54, 1.807) is 6.20 Å². The van der Waals surface area contributed by atoms with Gasteiger partial charge < -0.3 is 10.6 Å². The first-order valence-electron chi connectivity index (χ1n) is 9.10. The summed E-state index contributed by atoms with van der Waals surface area (Å²) in [4.78, 5) is 4.46. The lowest BCUT2D eigenvalue weighted by Gasteiger charge is -2.12. The molecule has 0 saturated carbocycles. The van der Waals surface area contributed by atoms with Gasteiger partial charge >= 0.3 is 0 Å². The number of nitrogens with zero attached hydrogens (tertiary/aromatic N) is 3. The first-order valence-corrected chi connectivity index (χ1v) is 10.7. The van der Waals surface area contributed by atoms with Crippen LogP contribution in [0.1, 0.15) is 18.9 Å². The van der Waals surface area contributed by atoms with E-state index in [4.69, 9.17) is 0 Å². The molecule has 0 amide bonds. The molecule has 8 nitrogen and oxygen atoms in total. The summed E-state index contributed by atoms with van der Waals surface area (Å²) in [6.07, 6.45) is 4.52. The van der Waals surface area contributed by atoms with Crippen molar-refractivity contribution in [3.05, 3.63) is 54.4 Å². The van der Waals surface area contributed by atoms with E-state index in [1.807, 2.05) is 54.2 Å². The molecule has 0 bridgehead atoms. The van der Waals surface area contributed by atoms with Gasteiger partial charge in [-0.2, -0.15) is 5.10 Å². The van der Waals surface area contributed by atoms with Crippen LogP contribution in [-0.2, 0) is 23.1 Å². The molecule has 0 aliphatic carbocycles. The van der Waals surface area contributed by atoms with Crippen LogP contribution in [0.4, 0.5) is 0 Å². The second-order valence-electron chi connectivity index (χ2n) is 5.94. The van der Waals surface area contributed by atoms with Gasteiger partial charge in [-0.25, -0.2) is 13.1 Å². The number of aromatic nitrogens is 2. The van der Waals surface area contributed by atoms with E-state index >= 15 is 0 Å². The highest BCUT2D eigenvalue weighted by Crippen LogP contribution is 1.98. The third kappa shape index (κ3) is 10.0. The smallest absolute Gasteiger partial charge is 0.213 e. The van der Waals surface area contributed by atoms with E-state index < -0.39 is 10.0 Å². The molecule has 28 heavy (non-hydrogen) atoms. The Morgan fingerprint density at radius 2 is 1.96 bits per heavy atom. The number of aryl methyl sites for hydroxylation is 1. The molecule has 0 spiro atoms. The fraction of sp³-hybridized carbons (Fsp3) is 0.444. The number of halogens is 1. The van der Waals surface area contributed by atoms with E-state index in [9.17, 15) is 8.42 Å². The Morgan fingerprint density at radius 1 is 1.18 bits per heavy atom. The molecule has 0 atom stereocenters. The van der Waals surface area contributed by atoms with Gasteiger partial charge in [-0.3, -0.25) is 9.67 Å². The minimum Gasteiger partial charge on any atom is -0.357 e. The van der Waals surface area contributed by atoms with Crippen molar-refractivity contribution in [2.75, 3.05) is 25.4 Å². The number of benzene rings is 1. The van der Waals surface area contributed by atoms with Gasteiger partial charge in [0, 0.05) is 45.1 Å². The zero-order valence-electron chi connectivity index (χ0n) is 16.0. The highest BCUT2D eigenvalue weighted by molar-refractivity contribution is 14.0. The molecule has 0 fully saturated rings. The van der Waals surface area contributed by atoms with Crippen molar-refractivity contribution < 1.29 is 8.42 Å². The van der Waals surface area contributed by atoms with Crippen molar-refractivity contribution in [1.82, 2.24) is 25.1 Å².